The van der Waals surface area contributed by atoms with Gasteiger partial charge < -0.3 is 15.0 Å². The van der Waals surface area contributed by atoms with E-state index in [0.29, 0.717) is 11.8 Å². The molecule has 136 valence electrons. The normalized spacial score (nSPS) is 21.9. The van der Waals surface area contributed by atoms with E-state index in [0.717, 1.165) is 49.3 Å². The highest BCUT2D eigenvalue weighted by Crippen LogP contribution is 2.30. The molecular weight excluding hydrogens is 314 g/mol. The number of hydrogen-bond donors (Lipinski definition) is 2. The zero-order valence-corrected chi connectivity index (χ0v) is 15.5. The van der Waals surface area contributed by atoms with Gasteiger partial charge in [0.25, 0.3) is 0 Å². The van der Waals surface area contributed by atoms with E-state index in [9.17, 15) is 9.90 Å². The van der Waals surface area contributed by atoms with Crippen molar-refractivity contribution < 1.29 is 9.90 Å². The summed E-state index contributed by atoms with van der Waals surface area (Å²) in [5.74, 6) is 1.49. The molecule has 2 unspecified atom stereocenters. The molecule has 5 heteroatoms. The number of nitrogens with zero attached hydrogens (tertiary/aromatic N) is 2. The third kappa shape index (κ3) is 4.60. The van der Waals surface area contributed by atoms with E-state index in [1.54, 1.807) is 0 Å². The van der Waals surface area contributed by atoms with Crippen molar-refractivity contribution in [2.75, 3.05) is 19.6 Å². The van der Waals surface area contributed by atoms with Crippen molar-refractivity contribution >= 4 is 17.0 Å². The number of piperidine rings is 1. The molecule has 5 nitrogen and oxygen atoms in total. The molecule has 1 aliphatic heterocycles. The Labute approximate surface area is 149 Å². The van der Waals surface area contributed by atoms with E-state index in [1.807, 2.05) is 6.07 Å². The van der Waals surface area contributed by atoms with Crippen LogP contribution in [0.1, 0.15) is 38.1 Å². The molecule has 2 heterocycles. The van der Waals surface area contributed by atoms with E-state index >= 15 is 0 Å². The second-order valence-corrected chi connectivity index (χ2v) is 7.97. The summed E-state index contributed by atoms with van der Waals surface area (Å²) in [5, 5.41) is 9.27. The van der Waals surface area contributed by atoms with Crippen LogP contribution < -0.4 is 0 Å². The first-order valence-electron chi connectivity index (χ1n) is 9.30. The van der Waals surface area contributed by atoms with Gasteiger partial charge >= 0.3 is 5.97 Å². The van der Waals surface area contributed by atoms with Crippen LogP contribution in [-0.4, -0.2) is 45.6 Å². The Kier molecular flexibility index (Phi) is 5.42. The zero-order valence-electron chi connectivity index (χ0n) is 15.5. The monoisotopic (exact) mass is 343 g/mol. The Morgan fingerprint density at radius 1 is 1.40 bits per heavy atom. The molecule has 1 aromatic heterocycles. The lowest BCUT2D eigenvalue weighted by Crippen LogP contribution is -2.43. The molecule has 25 heavy (non-hydrogen) atoms. The summed E-state index contributed by atoms with van der Waals surface area (Å²) in [6.45, 7) is 9.60. The van der Waals surface area contributed by atoms with Gasteiger partial charge in [-0.2, -0.15) is 0 Å². The van der Waals surface area contributed by atoms with Gasteiger partial charge in [0.1, 0.15) is 5.82 Å². The summed E-state index contributed by atoms with van der Waals surface area (Å²) < 4.78 is 0. The number of carboxylic acids is 1. The molecule has 0 radical (unpaired) electrons. The van der Waals surface area contributed by atoms with Gasteiger partial charge in [0.15, 0.2) is 0 Å². The predicted octanol–water partition coefficient (Wildman–Crippen LogP) is 3.48. The summed E-state index contributed by atoms with van der Waals surface area (Å²) in [7, 11) is 0. The Morgan fingerprint density at radius 3 is 2.92 bits per heavy atom. The minimum atomic E-state index is -0.687. The number of likely N-dealkylation sites (tertiary alicyclic amines) is 1. The Bertz CT molecular complexity index is 738. The molecule has 2 atom stereocenters. The number of aromatic amines is 1. The van der Waals surface area contributed by atoms with Crippen molar-refractivity contribution in [1.82, 2.24) is 14.9 Å². The van der Waals surface area contributed by atoms with Crippen molar-refractivity contribution in [3.05, 3.63) is 29.6 Å². The van der Waals surface area contributed by atoms with Crippen molar-refractivity contribution in [2.24, 2.45) is 17.8 Å². The van der Waals surface area contributed by atoms with Crippen LogP contribution in [0.25, 0.3) is 11.0 Å². The standard InChI is InChI=1S/C20H29N3O2/c1-13(2)11-23-7-6-15(10-20(24)25)16(12-23)9-19-21-17-5-4-14(3)8-18(17)22-19/h4-5,8,13,15-16H,6-7,9-12H2,1-3H3,(H,21,22)(H,24,25). The third-order valence-electron chi connectivity index (χ3n) is 5.18. The molecule has 1 saturated heterocycles. The average Bonchev–Trinajstić information content (AvgIpc) is 2.90. The van der Waals surface area contributed by atoms with Gasteiger partial charge in [0.2, 0.25) is 0 Å². The second-order valence-electron chi connectivity index (χ2n) is 7.97. The number of benzene rings is 1. The highest BCUT2D eigenvalue weighted by molar-refractivity contribution is 5.75. The Hall–Kier alpha value is -1.88. The number of carbonyl (C=O) groups is 1. The maximum Gasteiger partial charge on any atom is 0.303 e. The molecule has 1 fully saturated rings. The minimum Gasteiger partial charge on any atom is -0.481 e. The van der Waals surface area contributed by atoms with Gasteiger partial charge in [-0.15, -0.1) is 0 Å². The lowest BCUT2D eigenvalue weighted by Gasteiger charge is -2.38. The van der Waals surface area contributed by atoms with E-state index in [1.165, 1.54) is 5.56 Å². The number of rotatable bonds is 6. The summed E-state index contributed by atoms with van der Waals surface area (Å²) in [6.07, 6.45) is 2.04. The van der Waals surface area contributed by atoms with Crippen LogP contribution in [0, 0.1) is 24.7 Å². The van der Waals surface area contributed by atoms with E-state index in [2.05, 4.69) is 42.8 Å². The average molecular weight is 343 g/mol. The lowest BCUT2D eigenvalue weighted by molar-refractivity contribution is -0.139. The summed E-state index contributed by atoms with van der Waals surface area (Å²) >= 11 is 0. The van der Waals surface area contributed by atoms with Crippen molar-refractivity contribution in [1.29, 1.82) is 0 Å². The number of aliphatic carboxylic acids is 1. The Morgan fingerprint density at radius 2 is 2.20 bits per heavy atom. The molecule has 1 aliphatic rings. The topological polar surface area (TPSA) is 69.2 Å². The first kappa shape index (κ1) is 17.9. The SMILES string of the molecule is Cc1ccc2nc(CC3CN(CC(C)C)CCC3CC(=O)O)[nH]c2c1. The fraction of sp³-hybridized carbons (Fsp3) is 0.600. The van der Waals surface area contributed by atoms with Crippen LogP contribution in [0.15, 0.2) is 18.2 Å². The molecule has 0 saturated carbocycles. The number of aromatic nitrogens is 2. The molecule has 1 aromatic carbocycles. The molecule has 2 aromatic rings. The van der Waals surface area contributed by atoms with Crippen molar-refractivity contribution in [3.63, 3.8) is 0 Å². The van der Waals surface area contributed by atoms with Crippen LogP contribution in [0.2, 0.25) is 0 Å². The summed E-state index contributed by atoms with van der Waals surface area (Å²) in [6, 6.07) is 6.24. The van der Waals surface area contributed by atoms with E-state index in [4.69, 9.17) is 4.98 Å². The van der Waals surface area contributed by atoms with Crippen molar-refractivity contribution in [2.45, 2.75) is 40.0 Å². The fourth-order valence-electron chi connectivity index (χ4n) is 4.08. The van der Waals surface area contributed by atoms with Gasteiger partial charge in [0.05, 0.1) is 11.0 Å². The van der Waals surface area contributed by atoms with Crippen LogP contribution in [0.5, 0.6) is 0 Å². The summed E-state index contributed by atoms with van der Waals surface area (Å²) in [5.41, 5.74) is 3.28. The third-order valence-corrected chi connectivity index (χ3v) is 5.18. The van der Waals surface area contributed by atoms with Gasteiger partial charge in [-0.25, -0.2) is 4.98 Å². The lowest BCUT2D eigenvalue weighted by atomic mass is 9.81. The molecule has 0 amide bonds. The molecular formula is C20H29N3O2. The quantitative estimate of drug-likeness (QED) is 0.842. The highest BCUT2D eigenvalue weighted by Gasteiger charge is 2.31. The predicted molar refractivity (Wildman–Crippen MR) is 99.7 cm³/mol. The van der Waals surface area contributed by atoms with Crippen LogP contribution in [0.3, 0.4) is 0 Å². The number of aryl methyl sites for hydroxylation is 1. The molecule has 0 aliphatic carbocycles. The van der Waals surface area contributed by atoms with Gasteiger partial charge in [-0.3, -0.25) is 4.79 Å². The van der Waals surface area contributed by atoms with E-state index < -0.39 is 5.97 Å². The maximum absolute atomic E-state index is 11.3. The van der Waals surface area contributed by atoms with Crippen molar-refractivity contribution in [3.8, 4) is 0 Å². The zero-order chi connectivity index (χ0) is 18.0. The number of fused-ring (bicyclic) bond motifs is 1. The van der Waals surface area contributed by atoms with Crippen LogP contribution >= 0.6 is 0 Å². The largest absolute Gasteiger partial charge is 0.481 e. The number of carboxylic acid groups (broad SMARTS) is 1. The Balaban J connectivity index is 1.76. The van der Waals surface area contributed by atoms with Gasteiger partial charge in [-0.05, 0) is 55.3 Å². The van der Waals surface area contributed by atoms with Gasteiger partial charge in [0, 0.05) is 25.9 Å². The maximum atomic E-state index is 11.3. The number of nitrogens with one attached hydrogen (secondary N) is 1. The highest BCUT2D eigenvalue weighted by atomic mass is 16.4. The number of hydrogen-bond acceptors (Lipinski definition) is 3. The van der Waals surface area contributed by atoms with E-state index in [-0.39, 0.29) is 12.3 Å². The van der Waals surface area contributed by atoms with Crippen LogP contribution in [0.4, 0.5) is 0 Å². The van der Waals surface area contributed by atoms with Crippen LogP contribution in [-0.2, 0) is 11.2 Å². The fourth-order valence-corrected chi connectivity index (χ4v) is 4.08. The first-order valence-corrected chi connectivity index (χ1v) is 9.30. The first-order chi connectivity index (χ1) is 11.9. The number of imidazole rings is 1. The number of H-pyrrole nitrogens is 1. The second kappa shape index (κ2) is 7.56. The molecule has 3 rings (SSSR count). The molecule has 2 N–H and O–H groups in total. The molecule has 0 spiro atoms. The minimum absolute atomic E-state index is 0.232. The molecule has 0 bridgehead atoms. The van der Waals surface area contributed by atoms with Gasteiger partial charge in [-0.1, -0.05) is 19.9 Å². The summed E-state index contributed by atoms with van der Waals surface area (Å²) in [4.78, 5) is 21.9. The smallest absolute Gasteiger partial charge is 0.303 e.